The average Bonchev–Trinajstić information content (AvgIpc) is 3.05. The average molecular weight is 332 g/mol. The lowest BCUT2D eigenvalue weighted by molar-refractivity contribution is 0.286. The summed E-state index contributed by atoms with van der Waals surface area (Å²) in [5.41, 5.74) is 0.796. The van der Waals surface area contributed by atoms with Crippen LogP contribution < -0.4 is 4.74 Å². The second kappa shape index (κ2) is 7.21. The standard InChI is InChI=1S/C16H14ClN3O3/c17-12-5-8-15(18-10-12)22-13-6-3-11(4-7-13)16-19-14(20-23-16)2-1-9-21/h3-8,10,21H,1-2,9H2. The fraction of sp³-hybridized carbons (Fsp3) is 0.188. The Morgan fingerprint density at radius 3 is 2.65 bits per heavy atom. The van der Waals surface area contributed by atoms with Crippen LogP contribution in [0.25, 0.3) is 11.5 Å². The quantitative estimate of drug-likeness (QED) is 0.744. The van der Waals surface area contributed by atoms with Gasteiger partial charge in [-0.3, -0.25) is 0 Å². The summed E-state index contributed by atoms with van der Waals surface area (Å²) in [6.07, 6.45) is 2.72. The van der Waals surface area contributed by atoms with Gasteiger partial charge in [0.05, 0.1) is 5.02 Å². The van der Waals surface area contributed by atoms with Gasteiger partial charge in [-0.2, -0.15) is 4.98 Å². The molecule has 0 spiro atoms. The molecule has 118 valence electrons. The molecule has 0 fully saturated rings. The van der Waals surface area contributed by atoms with Crippen molar-refractivity contribution in [3.05, 3.63) is 53.4 Å². The molecule has 3 aromatic rings. The van der Waals surface area contributed by atoms with Crippen molar-refractivity contribution < 1.29 is 14.4 Å². The summed E-state index contributed by atoms with van der Waals surface area (Å²) < 4.78 is 10.8. The van der Waals surface area contributed by atoms with Crippen molar-refractivity contribution in [2.75, 3.05) is 6.61 Å². The molecule has 1 N–H and O–H groups in total. The Balaban J connectivity index is 1.69. The maximum Gasteiger partial charge on any atom is 0.257 e. The number of aromatic nitrogens is 3. The normalized spacial score (nSPS) is 10.7. The molecule has 0 saturated carbocycles. The number of halogens is 1. The summed E-state index contributed by atoms with van der Waals surface area (Å²) in [6, 6.07) is 10.7. The molecule has 0 aliphatic heterocycles. The van der Waals surface area contributed by atoms with Gasteiger partial charge in [0.25, 0.3) is 5.89 Å². The van der Waals surface area contributed by atoms with Crippen molar-refractivity contribution in [3.63, 3.8) is 0 Å². The molecular weight excluding hydrogens is 318 g/mol. The summed E-state index contributed by atoms with van der Waals surface area (Å²) in [4.78, 5) is 8.36. The Bertz CT molecular complexity index is 757. The van der Waals surface area contributed by atoms with E-state index >= 15 is 0 Å². The minimum Gasteiger partial charge on any atom is -0.439 e. The molecule has 23 heavy (non-hydrogen) atoms. The molecule has 0 saturated heterocycles. The van der Waals surface area contributed by atoms with Gasteiger partial charge in [-0.25, -0.2) is 4.98 Å². The lowest BCUT2D eigenvalue weighted by Crippen LogP contribution is -1.91. The van der Waals surface area contributed by atoms with E-state index in [9.17, 15) is 0 Å². The van der Waals surface area contributed by atoms with E-state index in [4.69, 9.17) is 26.0 Å². The number of rotatable bonds is 6. The molecule has 3 rings (SSSR count). The highest BCUT2D eigenvalue weighted by atomic mass is 35.5. The monoisotopic (exact) mass is 331 g/mol. The van der Waals surface area contributed by atoms with Gasteiger partial charge >= 0.3 is 0 Å². The minimum absolute atomic E-state index is 0.106. The Morgan fingerprint density at radius 1 is 1.13 bits per heavy atom. The zero-order chi connectivity index (χ0) is 16.1. The number of hydrogen-bond donors (Lipinski definition) is 1. The first kappa shape index (κ1) is 15.5. The first-order chi connectivity index (χ1) is 11.2. The molecule has 1 aromatic carbocycles. The van der Waals surface area contributed by atoms with Crippen molar-refractivity contribution in [1.82, 2.24) is 15.1 Å². The Morgan fingerprint density at radius 2 is 1.96 bits per heavy atom. The number of nitrogens with zero attached hydrogens (tertiary/aromatic N) is 3. The smallest absolute Gasteiger partial charge is 0.257 e. The molecule has 0 radical (unpaired) electrons. The van der Waals surface area contributed by atoms with Gasteiger partial charge in [0.1, 0.15) is 5.75 Å². The molecule has 7 heteroatoms. The Labute approximate surface area is 137 Å². The number of aliphatic hydroxyl groups excluding tert-OH is 1. The summed E-state index contributed by atoms with van der Waals surface area (Å²) >= 11 is 5.78. The summed E-state index contributed by atoms with van der Waals surface area (Å²) in [5, 5.41) is 13.2. The molecule has 0 bridgehead atoms. The molecule has 2 aromatic heterocycles. The van der Waals surface area contributed by atoms with Gasteiger partial charge in [-0.1, -0.05) is 16.8 Å². The molecule has 0 aliphatic carbocycles. The predicted molar refractivity (Wildman–Crippen MR) is 84.5 cm³/mol. The van der Waals surface area contributed by atoms with E-state index in [0.717, 1.165) is 5.56 Å². The summed E-state index contributed by atoms with van der Waals surface area (Å²) in [5.74, 6) is 2.13. The number of ether oxygens (including phenoxy) is 1. The van der Waals surface area contributed by atoms with E-state index < -0.39 is 0 Å². The van der Waals surface area contributed by atoms with Crippen LogP contribution in [0.1, 0.15) is 12.2 Å². The highest BCUT2D eigenvalue weighted by Crippen LogP contribution is 2.24. The fourth-order valence-electron chi connectivity index (χ4n) is 1.92. The summed E-state index contributed by atoms with van der Waals surface area (Å²) in [7, 11) is 0. The molecule has 0 aliphatic rings. The maximum atomic E-state index is 8.81. The molecule has 2 heterocycles. The first-order valence-electron chi connectivity index (χ1n) is 7.08. The largest absolute Gasteiger partial charge is 0.439 e. The van der Waals surface area contributed by atoms with Crippen molar-refractivity contribution >= 4 is 11.6 Å². The number of hydrogen-bond acceptors (Lipinski definition) is 6. The van der Waals surface area contributed by atoms with Crippen LogP contribution in [0.4, 0.5) is 0 Å². The zero-order valence-electron chi connectivity index (χ0n) is 12.1. The van der Waals surface area contributed by atoms with Crippen LogP contribution in [0.5, 0.6) is 11.6 Å². The van der Waals surface area contributed by atoms with Crippen molar-refractivity contribution in [1.29, 1.82) is 0 Å². The lowest BCUT2D eigenvalue weighted by Gasteiger charge is -2.04. The Kier molecular flexibility index (Phi) is 4.85. The van der Waals surface area contributed by atoms with Gasteiger partial charge in [0.15, 0.2) is 5.82 Å². The number of aryl methyl sites for hydroxylation is 1. The highest BCUT2D eigenvalue weighted by Gasteiger charge is 2.09. The van der Waals surface area contributed by atoms with Crippen LogP contribution in [-0.2, 0) is 6.42 Å². The Hall–Kier alpha value is -2.44. The van der Waals surface area contributed by atoms with Crippen molar-refractivity contribution in [2.24, 2.45) is 0 Å². The fourth-order valence-corrected chi connectivity index (χ4v) is 2.03. The lowest BCUT2D eigenvalue weighted by atomic mass is 10.2. The molecule has 6 nitrogen and oxygen atoms in total. The second-order valence-corrected chi connectivity index (χ2v) is 5.22. The van der Waals surface area contributed by atoms with Crippen LogP contribution in [0.3, 0.4) is 0 Å². The first-order valence-corrected chi connectivity index (χ1v) is 7.46. The van der Waals surface area contributed by atoms with Crippen molar-refractivity contribution in [2.45, 2.75) is 12.8 Å². The van der Waals surface area contributed by atoms with Crippen molar-refractivity contribution in [3.8, 4) is 23.1 Å². The van der Waals surface area contributed by atoms with E-state index in [1.165, 1.54) is 6.20 Å². The zero-order valence-corrected chi connectivity index (χ0v) is 12.9. The van der Waals surface area contributed by atoms with E-state index in [1.54, 1.807) is 24.3 Å². The second-order valence-electron chi connectivity index (χ2n) is 4.78. The summed E-state index contributed by atoms with van der Waals surface area (Å²) in [6.45, 7) is 0.106. The number of pyridine rings is 1. The van der Waals surface area contributed by atoms with Gasteiger partial charge in [0, 0.05) is 30.9 Å². The number of benzene rings is 1. The van der Waals surface area contributed by atoms with Gasteiger partial charge in [0.2, 0.25) is 5.88 Å². The van der Waals surface area contributed by atoms with Crippen LogP contribution in [0, 0.1) is 0 Å². The van der Waals surface area contributed by atoms with E-state index in [-0.39, 0.29) is 6.61 Å². The topological polar surface area (TPSA) is 81.3 Å². The van der Waals surface area contributed by atoms with Crippen LogP contribution in [-0.4, -0.2) is 26.8 Å². The third kappa shape index (κ3) is 4.06. The highest BCUT2D eigenvalue weighted by molar-refractivity contribution is 6.30. The third-order valence-electron chi connectivity index (χ3n) is 3.05. The van der Waals surface area contributed by atoms with Crippen LogP contribution in [0.2, 0.25) is 5.02 Å². The number of aliphatic hydroxyl groups is 1. The molecule has 0 unspecified atom stereocenters. The van der Waals surface area contributed by atoms with Crippen LogP contribution >= 0.6 is 11.6 Å². The van der Waals surface area contributed by atoms with Crippen LogP contribution in [0.15, 0.2) is 47.1 Å². The minimum atomic E-state index is 0.106. The SMILES string of the molecule is OCCCc1noc(-c2ccc(Oc3ccc(Cl)cn3)cc2)n1. The van der Waals surface area contributed by atoms with Gasteiger partial charge in [-0.05, 0) is 36.8 Å². The van der Waals surface area contributed by atoms with Gasteiger partial charge in [-0.15, -0.1) is 0 Å². The maximum absolute atomic E-state index is 8.81. The predicted octanol–water partition coefficient (Wildman–Crippen LogP) is 3.50. The van der Waals surface area contributed by atoms with Gasteiger partial charge < -0.3 is 14.4 Å². The third-order valence-corrected chi connectivity index (χ3v) is 3.27. The van der Waals surface area contributed by atoms with E-state index in [1.807, 2.05) is 12.1 Å². The molecule has 0 atom stereocenters. The molecular formula is C16H14ClN3O3. The van der Waals surface area contributed by atoms with E-state index in [2.05, 4.69) is 15.1 Å². The van der Waals surface area contributed by atoms with E-state index in [0.29, 0.717) is 41.2 Å². The molecule has 0 amide bonds.